The van der Waals surface area contributed by atoms with Crippen molar-refractivity contribution in [1.29, 1.82) is 0 Å². The molecule has 1 heterocycles. The van der Waals surface area contributed by atoms with Crippen LogP contribution in [-0.2, 0) is 0 Å². The zero-order valence-electron chi connectivity index (χ0n) is 8.74. The Morgan fingerprint density at radius 3 is 2.86 bits per heavy atom. The van der Waals surface area contributed by atoms with E-state index in [9.17, 15) is 0 Å². The lowest BCUT2D eigenvalue weighted by Crippen LogP contribution is -2.50. The highest BCUT2D eigenvalue weighted by Crippen LogP contribution is 2.15. The number of nitrogens with zero attached hydrogens (tertiary/aromatic N) is 1. The number of piperazine rings is 1. The SMILES string of the molecule is CC[C@H]1CN(c2ccccc2)CCN1. The molecular weight excluding hydrogens is 172 g/mol. The van der Waals surface area contributed by atoms with Crippen LogP contribution >= 0.6 is 0 Å². The summed E-state index contributed by atoms with van der Waals surface area (Å²) in [5.74, 6) is 0. The van der Waals surface area contributed by atoms with Crippen LogP contribution in [0.15, 0.2) is 30.3 Å². The van der Waals surface area contributed by atoms with Gasteiger partial charge in [-0.1, -0.05) is 25.1 Å². The van der Waals surface area contributed by atoms with Gasteiger partial charge in [-0.15, -0.1) is 0 Å². The quantitative estimate of drug-likeness (QED) is 0.766. The zero-order valence-corrected chi connectivity index (χ0v) is 8.74. The minimum Gasteiger partial charge on any atom is -0.369 e. The molecule has 1 aliphatic rings. The lowest BCUT2D eigenvalue weighted by Gasteiger charge is -2.34. The summed E-state index contributed by atoms with van der Waals surface area (Å²) in [6, 6.07) is 11.3. The van der Waals surface area contributed by atoms with E-state index in [0.717, 1.165) is 19.6 Å². The maximum atomic E-state index is 3.53. The van der Waals surface area contributed by atoms with Gasteiger partial charge in [-0.05, 0) is 18.6 Å². The predicted molar refractivity (Wildman–Crippen MR) is 60.7 cm³/mol. The Morgan fingerprint density at radius 1 is 1.36 bits per heavy atom. The van der Waals surface area contributed by atoms with Gasteiger partial charge in [0, 0.05) is 31.4 Å². The van der Waals surface area contributed by atoms with Crippen molar-refractivity contribution >= 4 is 5.69 Å². The van der Waals surface area contributed by atoms with Crippen LogP contribution in [0.3, 0.4) is 0 Å². The molecule has 1 aliphatic heterocycles. The van der Waals surface area contributed by atoms with Crippen molar-refractivity contribution in [3.05, 3.63) is 30.3 Å². The van der Waals surface area contributed by atoms with Gasteiger partial charge in [0.1, 0.15) is 0 Å². The normalized spacial score (nSPS) is 22.4. The van der Waals surface area contributed by atoms with Gasteiger partial charge in [0.25, 0.3) is 0 Å². The molecule has 0 radical (unpaired) electrons. The van der Waals surface area contributed by atoms with E-state index in [4.69, 9.17) is 0 Å². The molecule has 1 aromatic rings. The van der Waals surface area contributed by atoms with Crippen molar-refractivity contribution in [2.45, 2.75) is 19.4 Å². The second-order valence-corrected chi connectivity index (χ2v) is 3.84. The van der Waals surface area contributed by atoms with Crippen molar-refractivity contribution in [2.24, 2.45) is 0 Å². The first-order valence-corrected chi connectivity index (χ1v) is 5.43. The van der Waals surface area contributed by atoms with Crippen LogP contribution in [0.25, 0.3) is 0 Å². The fourth-order valence-corrected chi connectivity index (χ4v) is 1.97. The Bertz CT molecular complexity index is 271. The predicted octanol–water partition coefficient (Wildman–Crippen LogP) is 1.87. The molecule has 0 aromatic heterocycles. The highest BCUT2D eigenvalue weighted by Gasteiger charge is 2.17. The zero-order chi connectivity index (χ0) is 9.80. The number of hydrogen-bond donors (Lipinski definition) is 1. The molecular formula is C12H18N2. The lowest BCUT2D eigenvalue weighted by molar-refractivity contribution is 0.447. The summed E-state index contributed by atoms with van der Waals surface area (Å²) in [5.41, 5.74) is 1.35. The third kappa shape index (κ3) is 2.07. The van der Waals surface area contributed by atoms with E-state index in [1.165, 1.54) is 12.1 Å². The fraction of sp³-hybridized carbons (Fsp3) is 0.500. The molecule has 14 heavy (non-hydrogen) atoms. The van der Waals surface area contributed by atoms with E-state index >= 15 is 0 Å². The van der Waals surface area contributed by atoms with E-state index < -0.39 is 0 Å². The van der Waals surface area contributed by atoms with Gasteiger partial charge in [-0.2, -0.15) is 0 Å². The first kappa shape index (κ1) is 9.53. The maximum absolute atomic E-state index is 3.53. The molecule has 0 aliphatic carbocycles. The van der Waals surface area contributed by atoms with Gasteiger partial charge in [-0.25, -0.2) is 0 Å². The minimum atomic E-state index is 0.656. The third-order valence-corrected chi connectivity index (χ3v) is 2.87. The van der Waals surface area contributed by atoms with E-state index in [2.05, 4.69) is 47.5 Å². The van der Waals surface area contributed by atoms with Crippen molar-refractivity contribution in [1.82, 2.24) is 5.32 Å². The highest BCUT2D eigenvalue weighted by atomic mass is 15.2. The largest absolute Gasteiger partial charge is 0.369 e. The molecule has 0 saturated carbocycles. The fourth-order valence-electron chi connectivity index (χ4n) is 1.97. The molecule has 1 saturated heterocycles. The lowest BCUT2D eigenvalue weighted by atomic mass is 10.1. The van der Waals surface area contributed by atoms with Crippen LogP contribution < -0.4 is 10.2 Å². The van der Waals surface area contributed by atoms with Gasteiger partial charge in [-0.3, -0.25) is 0 Å². The smallest absolute Gasteiger partial charge is 0.0367 e. The molecule has 1 N–H and O–H groups in total. The van der Waals surface area contributed by atoms with Crippen molar-refractivity contribution in [3.63, 3.8) is 0 Å². The van der Waals surface area contributed by atoms with E-state index in [0.29, 0.717) is 6.04 Å². The summed E-state index contributed by atoms with van der Waals surface area (Å²) in [5, 5.41) is 3.53. The molecule has 2 rings (SSSR count). The average Bonchev–Trinajstić information content (AvgIpc) is 2.30. The van der Waals surface area contributed by atoms with E-state index in [1.807, 2.05) is 0 Å². The summed E-state index contributed by atoms with van der Waals surface area (Å²) in [6.45, 7) is 5.61. The molecule has 1 aromatic carbocycles. The van der Waals surface area contributed by atoms with Crippen molar-refractivity contribution in [2.75, 3.05) is 24.5 Å². The summed E-state index contributed by atoms with van der Waals surface area (Å²) in [7, 11) is 0. The van der Waals surface area contributed by atoms with Crippen LogP contribution in [0.5, 0.6) is 0 Å². The molecule has 0 amide bonds. The van der Waals surface area contributed by atoms with E-state index in [1.54, 1.807) is 0 Å². The van der Waals surface area contributed by atoms with Crippen LogP contribution in [-0.4, -0.2) is 25.7 Å². The first-order valence-electron chi connectivity index (χ1n) is 5.43. The summed E-state index contributed by atoms with van der Waals surface area (Å²) in [6.07, 6.45) is 1.21. The Balaban J connectivity index is 2.04. The number of nitrogens with one attached hydrogen (secondary N) is 1. The Kier molecular flexibility index (Phi) is 3.04. The second kappa shape index (κ2) is 4.47. The van der Waals surface area contributed by atoms with E-state index in [-0.39, 0.29) is 0 Å². The second-order valence-electron chi connectivity index (χ2n) is 3.84. The number of anilines is 1. The molecule has 0 bridgehead atoms. The number of hydrogen-bond acceptors (Lipinski definition) is 2. The molecule has 0 spiro atoms. The summed E-state index contributed by atoms with van der Waals surface area (Å²) >= 11 is 0. The standard InChI is InChI=1S/C12H18N2/c1-2-11-10-14(9-8-13-11)12-6-4-3-5-7-12/h3-7,11,13H,2,8-10H2,1H3/t11-/m0/s1. The molecule has 1 atom stereocenters. The average molecular weight is 190 g/mol. The number of benzene rings is 1. The summed E-state index contributed by atoms with van der Waals surface area (Å²) < 4.78 is 0. The topological polar surface area (TPSA) is 15.3 Å². The van der Waals surface area contributed by atoms with Crippen LogP contribution in [0.4, 0.5) is 5.69 Å². The van der Waals surface area contributed by atoms with Crippen LogP contribution in [0.2, 0.25) is 0 Å². The molecule has 2 nitrogen and oxygen atoms in total. The Morgan fingerprint density at radius 2 is 2.14 bits per heavy atom. The van der Waals surface area contributed by atoms with Crippen LogP contribution in [0.1, 0.15) is 13.3 Å². The summed E-state index contributed by atoms with van der Waals surface area (Å²) in [4.78, 5) is 2.46. The highest BCUT2D eigenvalue weighted by molar-refractivity contribution is 5.46. The van der Waals surface area contributed by atoms with Crippen molar-refractivity contribution in [3.8, 4) is 0 Å². The van der Waals surface area contributed by atoms with Gasteiger partial charge < -0.3 is 10.2 Å². The van der Waals surface area contributed by atoms with Gasteiger partial charge >= 0.3 is 0 Å². The van der Waals surface area contributed by atoms with Gasteiger partial charge in [0.05, 0.1) is 0 Å². The number of para-hydroxylation sites is 1. The number of rotatable bonds is 2. The third-order valence-electron chi connectivity index (χ3n) is 2.87. The Hall–Kier alpha value is -1.02. The molecule has 76 valence electrons. The van der Waals surface area contributed by atoms with Gasteiger partial charge in [0.2, 0.25) is 0 Å². The van der Waals surface area contributed by atoms with Crippen LogP contribution in [0, 0.1) is 0 Å². The van der Waals surface area contributed by atoms with Crippen molar-refractivity contribution < 1.29 is 0 Å². The van der Waals surface area contributed by atoms with Gasteiger partial charge in [0.15, 0.2) is 0 Å². The maximum Gasteiger partial charge on any atom is 0.0367 e. The monoisotopic (exact) mass is 190 g/mol. The minimum absolute atomic E-state index is 0.656. The first-order chi connectivity index (χ1) is 6.90. The molecule has 1 fully saturated rings. The molecule has 2 heteroatoms. The Labute approximate surface area is 85.9 Å². The molecule has 0 unspecified atom stereocenters.